The van der Waals surface area contributed by atoms with Gasteiger partial charge < -0.3 is 10.6 Å². The predicted molar refractivity (Wildman–Crippen MR) is 101 cm³/mol. The molecule has 1 aliphatic rings. The van der Waals surface area contributed by atoms with Gasteiger partial charge in [-0.1, -0.05) is 13.8 Å². The van der Waals surface area contributed by atoms with Crippen LogP contribution in [-0.4, -0.2) is 29.4 Å². The second-order valence-electron chi connectivity index (χ2n) is 6.54. The molecule has 0 saturated carbocycles. The van der Waals surface area contributed by atoms with Crippen molar-refractivity contribution in [2.24, 2.45) is 5.92 Å². The average molecular weight is 422 g/mol. The standard InChI is InChI=1S/C17H22F3N3O2S2/c1-10(2)9-11-13(23-16(27-11)15-22-7-8-26-15)14(25)21-6-4-3-5-12(24)17(18,19)20/h7-8,10,15,22H,3-6,9H2,1-2H3,(H,21,25). The van der Waals surface area contributed by atoms with Crippen LogP contribution in [0.3, 0.4) is 0 Å². The number of ketones is 1. The minimum Gasteiger partial charge on any atom is -0.373 e. The molecule has 0 saturated heterocycles. The fourth-order valence-electron chi connectivity index (χ4n) is 2.42. The average Bonchev–Trinajstić information content (AvgIpc) is 3.22. The Morgan fingerprint density at radius 2 is 2.07 bits per heavy atom. The summed E-state index contributed by atoms with van der Waals surface area (Å²) >= 11 is 3.08. The van der Waals surface area contributed by atoms with Crippen molar-refractivity contribution in [3.8, 4) is 0 Å². The molecule has 0 spiro atoms. The quantitative estimate of drug-likeness (QED) is 0.586. The smallest absolute Gasteiger partial charge is 0.373 e. The molecule has 1 atom stereocenters. The highest BCUT2D eigenvalue weighted by Crippen LogP contribution is 2.35. The number of amides is 1. The Labute approximate surface area is 164 Å². The first-order valence-corrected chi connectivity index (χ1v) is 10.4. The Morgan fingerprint density at radius 3 is 2.67 bits per heavy atom. The first-order valence-electron chi connectivity index (χ1n) is 8.63. The highest BCUT2D eigenvalue weighted by atomic mass is 32.2. The number of carbonyl (C=O) groups excluding carboxylic acids is 2. The summed E-state index contributed by atoms with van der Waals surface area (Å²) in [5.74, 6) is -1.70. The third kappa shape index (κ3) is 6.53. The van der Waals surface area contributed by atoms with Gasteiger partial charge in [0.15, 0.2) is 0 Å². The number of alkyl halides is 3. The summed E-state index contributed by atoms with van der Waals surface area (Å²) in [5, 5.41) is 8.61. The van der Waals surface area contributed by atoms with Gasteiger partial charge in [-0.3, -0.25) is 9.59 Å². The zero-order chi connectivity index (χ0) is 20.0. The Balaban J connectivity index is 1.89. The summed E-state index contributed by atoms with van der Waals surface area (Å²) in [4.78, 5) is 28.7. The molecule has 5 nitrogen and oxygen atoms in total. The minimum absolute atomic E-state index is 0.00385. The summed E-state index contributed by atoms with van der Waals surface area (Å²) in [5.41, 5.74) is 0.379. The van der Waals surface area contributed by atoms with Gasteiger partial charge in [-0.25, -0.2) is 4.98 Å². The number of carbonyl (C=O) groups is 2. The number of thiazole rings is 1. The van der Waals surface area contributed by atoms with Gasteiger partial charge in [-0.2, -0.15) is 13.2 Å². The Hall–Kier alpha value is -1.55. The van der Waals surface area contributed by atoms with E-state index in [2.05, 4.69) is 29.5 Å². The van der Waals surface area contributed by atoms with Crippen LogP contribution in [-0.2, 0) is 11.2 Å². The van der Waals surface area contributed by atoms with Crippen molar-refractivity contribution in [3.05, 3.63) is 27.2 Å². The molecule has 0 radical (unpaired) electrons. The van der Waals surface area contributed by atoms with E-state index in [9.17, 15) is 22.8 Å². The number of Topliss-reactive ketones (excluding diaryl/α,β-unsaturated/α-hetero) is 1. The number of nitrogens with one attached hydrogen (secondary N) is 2. The molecule has 1 amide bonds. The van der Waals surface area contributed by atoms with Crippen molar-refractivity contribution in [2.75, 3.05) is 6.54 Å². The molecule has 2 rings (SSSR count). The van der Waals surface area contributed by atoms with Gasteiger partial charge in [0.05, 0.1) is 0 Å². The first kappa shape index (κ1) is 21.7. The second kappa shape index (κ2) is 9.59. The SMILES string of the molecule is CC(C)Cc1sc(C2NC=CS2)nc1C(=O)NCCCCC(=O)C(F)(F)F. The van der Waals surface area contributed by atoms with E-state index < -0.39 is 18.4 Å². The van der Waals surface area contributed by atoms with Crippen molar-refractivity contribution in [1.82, 2.24) is 15.6 Å². The lowest BCUT2D eigenvalue weighted by Crippen LogP contribution is -2.27. The molecule has 0 bridgehead atoms. The maximum atomic E-state index is 12.5. The van der Waals surface area contributed by atoms with Crippen molar-refractivity contribution in [3.63, 3.8) is 0 Å². The number of thioether (sulfide) groups is 1. The van der Waals surface area contributed by atoms with Crippen LogP contribution in [0, 0.1) is 5.92 Å². The first-order chi connectivity index (χ1) is 12.7. The lowest BCUT2D eigenvalue weighted by atomic mass is 10.1. The van der Waals surface area contributed by atoms with E-state index in [1.165, 1.54) is 11.3 Å². The fourth-order valence-corrected chi connectivity index (χ4v) is 4.59. The molecule has 1 aromatic heterocycles. The Bertz CT molecular complexity index is 694. The molecular weight excluding hydrogens is 399 g/mol. The van der Waals surface area contributed by atoms with Crippen molar-refractivity contribution in [1.29, 1.82) is 0 Å². The minimum atomic E-state index is -4.78. The van der Waals surface area contributed by atoms with Gasteiger partial charge in [0, 0.05) is 24.0 Å². The summed E-state index contributed by atoms with van der Waals surface area (Å²) < 4.78 is 36.4. The zero-order valence-corrected chi connectivity index (χ0v) is 16.7. The van der Waals surface area contributed by atoms with Crippen LogP contribution in [0.2, 0.25) is 0 Å². The Morgan fingerprint density at radius 1 is 1.33 bits per heavy atom. The summed E-state index contributed by atoms with van der Waals surface area (Å²) in [6.45, 7) is 4.32. The maximum absolute atomic E-state index is 12.5. The molecule has 10 heteroatoms. The van der Waals surface area contributed by atoms with Gasteiger partial charge in [-0.05, 0) is 30.6 Å². The van der Waals surface area contributed by atoms with E-state index in [0.717, 1.165) is 16.3 Å². The summed E-state index contributed by atoms with van der Waals surface area (Å²) in [7, 11) is 0. The maximum Gasteiger partial charge on any atom is 0.449 e. The molecular formula is C17H22F3N3O2S2. The lowest BCUT2D eigenvalue weighted by Gasteiger charge is -2.07. The van der Waals surface area contributed by atoms with Gasteiger partial charge in [0.25, 0.3) is 5.91 Å². The molecule has 2 heterocycles. The molecule has 2 N–H and O–H groups in total. The van der Waals surface area contributed by atoms with Crippen LogP contribution in [0.5, 0.6) is 0 Å². The molecule has 0 aliphatic carbocycles. The number of hydrogen-bond acceptors (Lipinski definition) is 6. The van der Waals surface area contributed by atoms with Crippen LogP contribution in [0.25, 0.3) is 0 Å². The largest absolute Gasteiger partial charge is 0.449 e. The number of unbranched alkanes of at least 4 members (excludes halogenated alkanes) is 1. The Kier molecular flexibility index (Phi) is 7.72. The van der Waals surface area contributed by atoms with Crippen LogP contribution >= 0.6 is 23.1 Å². The number of aromatic nitrogens is 1. The predicted octanol–water partition coefficient (Wildman–Crippen LogP) is 4.18. The molecule has 1 aliphatic heterocycles. The van der Waals surface area contributed by atoms with Crippen LogP contribution in [0.1, 0.15) is 58.9 Å². The molecule has 0 fully saturated rings. The van der Waals surface area contributed by atoms with Gasteiger partial charge in [0.2, 0.25) is 5.78 Å². The molecule has 0 aromatic carbocycles. The van der Waals surface area contributed by atoms with Gasteiger partial charge in [-0.15, -0.1) is 23.1 Å². The molecule has 1 unspecified atom stereocenters. The van der Waals surface area contributed by atoms with Gasteiger partial charge in [0.1, 0.15) is 16.1 Å². The van der Waals surface area contributed by atoms with E-state index in [1.807, 2.05) is 11.6 Å². The fraction of sp³-hybridized carbons (Fsp3) is 0.588. The second-order valence-corrected chi connectivity index (χ2v) is 8.67. The van der Waals surface area contributed by atoms with Crippen molar-refractivity contribution < 1.29 is 22.8 Å². The highest BCUT2D eigenvalue weighted by Gasteiger charge is 2.37. The van der Waals surface area contributed by atoms with Crippen LogP contribution in [0.15, 0.2) is 11.6 Å². The highest BCUT2D eigenvalue weighted by molar-refractivity contribution is 8.02. The monoisotopic (exact) mass is 421 g/mol. The normalized spacial score (nSPS) is 16.6. The summed E-state index contributed by atoms with van der Waals surface area (Å²) in [6, 6.07) is 0. The molecule has 27 heavy (non-hydrogen) atoms. The molecule has 150 valence electrons. The number of nitrogens with zero attached hydrogens (tertiary/aromatic N) is 1. The van der Waals surface area contributed by atoms with Crippen LogP contribution in [0.4, 0.5) is 13.2 Å². The van der Waals surface area contributed by atoms with E-state index in [1.54, 1.807) is 11.8 Å². The summed E-state index contributed by atoms with van der Waals surface area (Å²) in [6.07, 6.45) is -2.40. The van der Waals surface area contributed by atoms with Crippen LogP contribution < -0.4 is 10.6 Å². The zero-order valence-electron chi connectivity index (χ0n) is 15.1. The van der Waals surface area contributed by atoms with E-state index in [0.29, 0.717) is 18.0 Å². The van der Waals surface area contributed by atoms with Gasteiger partial charge >= 0.3 is 6.18 Å². The van der Waals surface area contributed by atoms with Crippen molar-refractivity contribution in [2.45, 2.75) is 51.1 Å². The number of hydrogen-bond donors (Lipinski definition) is 2. The molecule has 1 aromatic rings. The topological polar surface area (TPSA) is 71.1 Å². The number of halogens is 3. The van der Waals surface area contributed by atoms with E-state index in [-0.39, 0.29) is 24.2 Å². The lowest BCUT2D eigenvalue weighted by molar-refractivity contribution is -0.171. The van der Waals surface area contributed by atoms with Crippen molar-refractivity contribution >= 4 is 34.8 Å². The third-order valence-corrected chi connectivity index (χ3v) is 5.93. The van der Waals surface area contributed by atoms with E-state index in [4.69, 9.17) is 0 Å². The van der Waals surface area contributed by atoms with E-state index >= 15 is 0 Å². The third-order valence-electron chi connectivity index (χ3n) is 3.71. The number of rotatable bonds is 9.